The van der Waals surface area contributed by atoms with Crippen molar-refractivity contribution in [3.8, 4) is 0 Å². The average Bonchev–Trinajstić information content (AvgIpc) is 3.06. The van der Waals surface area contributed by atoms with Gasteiger partial charge in [-0.3, -0.25) is 9.69 Å². The lowest BCUT2D eigenvalue weighted by atomic mass is 9.93. The SMILES string of the molecule is O=C1CCC(N(c2ccco2)c2ccco2)CC1. The maximum atomic E-state index is 11.3. The molecule has 94 valence electrons. The van der Waals surface area contributed by atoms with Crippen molar-refractivity contribution < 1.29 is 13.6 Å². The molecule has 0 saturated heterocycles. The van der Waals surface area contributed by atoms with E-state index < -0.39 is 0 Å². The van der Waals surface area contributed by atoms with Crippen molar-refractivity contribution in [2.75, 3.05) is 4.90 Å². The molecule has 0 spiro atoms. The van der Waals surface area contributed by atoms with E-state index in [4.69, 9.17) is 8.83 Å². The van der Waals surface area contributed by atoms with Crippen LogP contribution in [0.4, 0.5) is 11.8 Å². The average molecular weight is 245 g/mol. The number of rotatable bonds is 3. The predicted octanol–water partition coefficient (Wildman–Crippen LogP) is 3.52. The summed E-state index contributed by atoms with van der Waals surface area (Å²) in [5, 5.41) is 0. The molecule has 2 aromatic heterocycles. The van der Waals surface area contributed by atoms with E-state index in [1.165, 1.54) is 0 Å². The van der Waals surface area contributed by atoms with Gasteiger partial charge in [-0.2, -0.15) is 0 Å². The summed E-state index contributed by atoms with van der Waals surface area (Å²) in [5.74, 6) is 1.89. The molecule has 2 heterocycles. The molecule has 4 heteroatoms. The number of hydrogen-bond donors (Lipinski definition) is 0. The molecule has 1 fully saturated rings. The molecule has 0 unspecified atom stereocenters. The van der Waals surface area contributed by atoms with E-state index in [-0.39, 0.29) is 6.04 Å². The molecule has 4 nitrogen and oxygen atoms in total. The fraction of sp³-hybridized carbons (Fsp3) is 0.357. The van der Waals surface area contributed by atoms with Gasteiger partial charge >= 0.3 is 0 Å². The summed E-state index contributed by atoms with van der Waals surface area (Å²) in [7, 11) is 0. The van der Waals surface area contributed by atoms with Crippen LogP contribution in [-0.4, -0.2) is 11.8 Å². The number of ketones is 1. The van der Waals surface area contributed by atoms with E-state index in [1.807, 2.05) is 29.2 Å². The van der Waals surface area contributed by atoms with Crippen molar-refractivity contribution in [3.63, 3.8) is 0 Å². The van der Waals surface area contributed by atoms with E-state index >= 15 is 0 Å². The molecule has 0 N–H and O–H groups in total. The minimum absolute atomic E-state index is 0.264. The first kappa shape index (κ1) is 11.1. The summed E-state index contributed by atoms with van der Waals surface area (Å²) in [6.45, 7) is 0. The van der Waals surface area contributed by atoms with Crippen molar-refractivity contribution in [1.29, 1.82) is 0 Å². The summed E-state index contributed by atoms with van der Waals surface area (Å²) >= 11 is 0. The van der Waals surface area contributed by atoms with Crippen LogP contribution in [0.15, 0.2) is 45.6 Å². The van der Waals surface area contributed by atoms with Gasteiger partial charge in [0.05, 0.1) is 12.5 Å². The second kappa shape index (κ2) is 4.72. The molecule has 0 radical (unpaired) electrons. The van der Waals surface area contributed by atoms with E-state index in [2.05, 4.69) is 0 Å². The highest BCUT2D eigenvalue weighted by atomic mass is 16.4. The lowest BCUT2D eigenvalue weighted by Crippen LogP contribution is -2.34. The van der Waals surface area contributed by atoms with Gasteiger partial charge < -0.3 is 8.83 Å². The standard InChI is InChI=1S/C14H15NO3/c16-12-7-5-11(6-8-12)15(13-3-1-9-17-13)14-4-2-10-18-14/h1-4,9-11H,5-8H2. The highest BCUT2D eigenvalue weighted by Crippen LogP contribution is 2.33. The van der Waals surface area contributed by atoms with Crippen LogP contribution in [0.3, 0.4) is 0 Å². The van der Waals surface area contributed by atoms with Gasteiger partial charge in [0.25, 0.3) is 0 Å². The Balaban J connectivity index is 1.88. The minimum Gasteiger partial charge on any atom is -0.448 e. The van der Waals surface area contributed by atoms with Gasteiger partial charge in [-0.1, -0.05) is 0 Å². The van der Waals surface area contributed by atoms with Crippen molar-refractivity contribution in [2.45, 2.75) is 31.7 Å². The Morgan fingerprint density at radius 3 is 2.00 bits per heavy atom. The van der Waals surface area contributed by atoms with Crippen LogP contribution in [0.1, 0.15) is 25.7 Å². The third-order valence-electron chi connectivity index (χ3n) is 3.37. The third kappa shape index (κ3) is 2.06. The topological polar surface area (TPSA) is 46.6 Å². The number of anilines is 2. The van der Waals surface area contributed by atoms with Crippen LogP contribution in [0.2, 0.25) is 0 Å². The largest absolute Gasteiger partial charge is 0.448 e. The molecule has 0 amide bonds. The molecule has 0 bridgehead atoms. The lowest BCUT2D eigenvalue weighted by Gasteiger charge is -2.31. The fourth-order valence-corrected chi connectivity index (χ4v) is 2.47. The Kier molecular flexibility index (Phi) is 2.92. The highest BCUT2D eigenvalue weighted by molar-refractivity contribution is 5.79. The lowest BCUT2D eigenvalue weighted by molar-refractivity contribution is -0.120. The molecular weight excluding hydrogens is 230 g/mol. The van der Waals surface area contributed by atoms with Crippen LogP contribution in [-0.2, 0) is 4.79 Å². The molecule has 0 atom stereocenters. The number of nitrogens with zero attached hydrogens (tertiary/aromatic N) is 1. The zero-order chi connectivity index (χ0) is 12.4. The van der Waals surface area contributed by atoms with E-state index in [1.54, 1.807) is 12.5 Å². The van der Waals surface area contributed by atoms with Gasteiger partial charge in [0.1, 0.15) is 5.78 Å². The minimum atomic E-state index is 0.264. The summed E-state index contributed by atoms with van der Waals surface area (Å²) in [5.41, 5.74) is 0. The van der Waals surface area contributed by atoms with Crippen LogP contribution in [0.5, 0.6) is 0 Å². The smallest absolute Gasteiger partial charge is 0.202 e. The number of carbonyl (C=O) groups excluding carboxylic acids is 1. The monoisotopic (exact) mass is 245 g/mol. The molecular formula is C14H15NO3. The molecule has 3 rings (SSSR count). The van der Waals surface area contributed by atoms with Crippen molar-refractivity contribution in [2.24, 2.45) is 0 Å². The summed E-state index contributed by atoms with van der Waals surface area (Å²) in [6.07, 6.45) is 6.28. The molecule has 1 aliphatic carbocycles. The number of carbonyl (C=O) groups is 1. The number of Topliss-reactive ketones (excluding diaryl/α,β-unsaturated/α-hetero) is 1. The zero-order valence-electron chi connectivity index (χ0n) is 10.0. The second-order valence-electron chi connectivity index (χ2n) is 4.54. The fourth-order valence-electron chi connectivity index (χ4n) is 2.47. The summed E-state index contributed by atoms with van der Waals surface area (Å²) in [4.78, 5) is 13.4. The van der Waals surface area contributed by atoms with Gasteiger partial charge in [-0.05, 0) is 25.0 Å². The van der Waals surface area contributed by atoms with Crippen molar-refractivity contribution in [3.05, 3.63) is 36.8 Å². The second-order valence-corrected chi connectivity index (χ2v) is 4.54. The maximum absolute atomic E-state index is 11.3. The van der Waals surface area contributed by atoms with E-state index in [0.29, 0.717) is 18.6 Å². The first-order valence-corrected chi connectivity index (χ1v) is 6.22. The van der Waals surface area contributed by atoms with Crippen molar-refractivity contribution >= 4 is 17.6 Å². The van der Waals surface area contributed by atoms with Gasteiger partial charge in [-0.15, -0.1) is 0 Å². The Morgan fingerprint density at radius 2 is 1.56 bits per heavy atom. The summed E-state index contributed by atoms with van der Waals surface area (Å²) < 4.78 is 11.0. The maximum Gasteiger partial charge on any atom is 0.202 e. The zero-order valence-corrected chi connectivity index (χ0v) is 10.0. The quantitative estimate of drug-likeness (QED) is 0.830. The van der Waals surface area contributed by atoms with Gasteiger partial charge in [-0.25, -0.2) is 0 Å². The first-order valence-electron chi connectivity index (χ1n) is 6.22. The molecule has 18 heavy (non-hydrogen) atoms. The molecule has 0 aliphatic heterocycles. The third-order valence-corrected chi connectivity index (χ3v) is 3.37. The summed E-state index contributed by atoms with van der Waals surface area (Å²) in [6, 6.07) is 7.82. The molecule has 0 aromatic carbocycles. The first-order chi connectivity index (χ1) is 8.84. The van der Waals surface area contributed by atoms with E-state index in [9.17, 15) is 4.79 Å². The van der Waals surface area contributed by atoms with Crippen LogP contribution < -0.4 is 4.90 Å². The molecule has 2 aromatic rings. The highest BCUT2D eigenvalue weighted by Gasteiger charge is 2.28. The van der Waals surface area contributed by atoms with Crippen LogP contribution >= 0.6 is 0 Å². The Hall–Kier alpha value is -1.97. The number of furan rings is 2. The molecule has 1 saturated carbocycles. The van der Waals surface area contributed by atoms with Crippen LogP contribution in [0, 0.1) is 0 Å². The number of hydrogen-bond acceptors (Lipinski definition) is 4. The van der Waals surface area contributed by atoms with Gasteiger partial charge in [0.15, 0.2) is 0 Å². The van der Waals surface area contributed by atoms with Gasteiger partial charge in [0, 0.05) is 31.0 Å². The molecule has 1 aliphatic rings. The Morgan fingerprint density at radius 1 is 1.00 bits per heavy atom. The van der Waals surface area contributed by atoms with Gasteiger partial charge in [0.2, 0.25) is 11.8 Å². The van der Waals surface area contributed by atoms with E-state index in [0.717, 1.165) is 24.6 Å². The van der Waals surface area contributed by atoms with Crippen molar-refractivity contribution in [1.82, 2.24) is 0 Å². The Bertz CT molecular complexity index is 457. The normalized spacial score (nSPS) is 17.0. The van der Waals surface area contributed by atoms with Crippen LogP contribution in [0.25, 0.3) is 0 Å². The predicted molar refractivity (Wildman–Crippen MR) is 66.8 cm³/mol. The Labute approximate surface area is 105 Å².